The van der Waals surface area contributed by atoms with Crippen molar-refractivity contribution in [2.24, 2.45) is 0 Å². The summed E-state index contributed by atoms with van der Waals surface area (Å²) >= 11 is 3.39. The SMILES string of the molecule is CNC(=O)C1CCCN1c1ccc(Br)cc1CO. The van der Waals surface area contributed by atoms with E-state index in [1.807, 2.05) is 18.2 Å². The summed E-state index contributed by atoms with van der Waals surface area (Å²) in [7, 11) is 1.66. The summed E-state index contributed by atoms with van der Waals surface area (Å²) in [4.78, 5) is 13.9. The number of hydrogen-bond donors (Lipinski definition) is 2. The van der Waals surface area contributed by atoms with Gasteiger partial charge in [0.1, 0.15) is 6.04 Å². The molecule has 1 fully saturated rings. The van der Waals surface area contributed by atoms with Gasteiger partial charge >= 0.3 is 0 Å². The summed E-state index contributed by atoms with van der Waals surface area (Å²) in [6.07, 6.45) is 1.86. The number of carbonyl (C=O) groups is 1. The van der Waals surface area contributed by atoms with Crippen LogP contribution in [0.4, 0.5) is 5.69 Å². The fourth-order valence-electron chi connectivity index (χ4n) is 2.46. The molecule has 0 bridgehead atoms. The van der Waals surface area contributed by atoms with Gasteiger partial charge in [0.15, 0.2) is 0 Å². The minimum Gasteiger partial charge on any atom is -0.392 e. The van der Waals surface area contributed by atoms with E-state index in [9.17, 15) is 9.90 Å². The number of likely N-dealkylation sites (N-methyl/N-ethyl adjacent to an activating group) is 1. The lowest BCUT2D eigenvalue weighted by atomic mass is 10.1. The Bertz CT molecular complexity index is 451. The van der Waals surface area contributed by atoms with E-state index >= 15 is 0 Å². The Balaban J connectivity index is 2.32. The number of benzene rings is 1. The van der Waals surface area contributed by atoms with Gasteiger partial charge in [0.05, 0.1) is 6.61 Å². The molecule has 1 amide bonds. The number of hydrogen-bond acceptors (Lipinski definition) is 3. The second kappa shape index (κ2) is 5.71. The van der Waals surface area contributed by atoms with E-state index in [1.165, 1.54) is 0 Å². The molecule has 0 radical (unpaired) electrons. The van der Waals surface area contributed by atoms with Crippen LogP contribution in [0.25, 0.3) is 0 Å². The second-order valence-corrected chi connectivity index (χ2v) is 5.31. The maximum absolute atomic E-state index is 11.8. The predicted molar refractivity (Wildman–Crippen MR) is 74.5 cm³/mol. The molecule has 1 heterocycles. The third-order valence-electron chi connectivity index (χ3n) is 3.32. The Morgan fingerprint density at radius 3 is 3.06 bits per heavy atom. The largest absolute Gasteiger partial charge is 0.392 e. The van der Waals surface area contributed by atoms with Gasteiger partial charge in [0, 0.05) is 29.3 Å². The molecule has 0 aliphatic carbocycles. The Hall–Kier alpha value is -1.07. The number of nitrogens with one attached hydrogen (secondary N) is 1. The average molecular weight is 313 g/mol. The molecule has 1 aliphatic rings. The van der Waals surface area contributed by atoms with E-state index < -0.39 is 0 Å². The van der Waals surface area contributed by atoms with Gasteiger partial charge in [-0.3, -0.25) is 4.79 Å². The molecule has 98 valence electrons. The molecule has 1 aromatic carbocycles. The summed E-state index contributed by atoms with van der Waals surface area (Å²) in [5, 5.41) is 12.1. The van der Waals surface area contributed by atoms with E-state index in [1.54, 1.807) is 7.05 Å². The quantitative estimate of drug-likeness (QED) is 0.892. The Morgan fingerprint density at radius 1 is 1.61 bits per heavy atom. The predicted octanol–water partition coefficient (Wildman–Crippen LogP) is 1.66. The normalized spacial score (nSPS) is 19.1. The number of carbonyl (C=O) groups excluding carboxylic acids is 1. The van der Waals surface area contributed by atoms with Crippen LogP contribution in [0.5, 0.6) is 0 Å². The monoisotopic (exact) mass is 312 g/mol. The van der Waals surface area contributed by atoms with Crippen LogP contribution in [0.15, 0.2) is 22.7 Å². The van der Waals surface area contributed by atoms with Gasteiger partial charge in [-0.1, -0.05) is 15.9 Å². The summed E-state index contributed by atoms with van der Waals surface area (Å²) in [5.41, 5.74) is 1.80. The molecular formula is C13H17BrN2O2. The molecule has 1 aromatic rings. The van der Waals surface area contributed by atoms with Gasteiger partial charge in [-0.05, 0) is 31.0 Å². The van der Waals surface area contributed by atoms with E-state index in [0.29, 0.717) is 0 Å². The van der Waals surface area contributed by atoms with Gasteiger partial charge in [0.2, 0.25) is 5.91 Å². The highest BCUT2D eigenvalue weighted by Gasteiger charge is 2.31. The Labute approximate surface area is 115 Å². The highest BCUT2D eigenvalue weighted by Crippen LogP contribution is 2.30. The van der Waals surface area contributed by atoms with Crippen molar-refractivity contribution in [3.63, 3.8) is 0 Å². The first kappa shape index (κ1) is 13.4. The zero-order valence-electron chi connectivity index (χ0n) is 10.3. The van der Waals surface area contributed by atoms with Gasteiger partial charge in [-0.2, -0.15) is 0 Å². The fraction of sp³-hybridized carbons (Fsp3) is 0.462. The molecule has 1 unspecified atom stereocenters. The minimum absolute atomic E-state index is 0.0221. The molecule has 0 saturated carbocycles. The maximum Gasteiger partial charge on any atom is 0.242 e. The zero-order valence-corrected chi connectivity index (χ0v) is 11.9. The smallest absolute Gasteiger partial charge is 0.242 e. The summed E-state index contributed by atoms with van der Waals surface area (Å²) < 4.78 is 0.936. The molecule has 2 rings (SSSR count). The summed E-state index contributed by atoms with van der Waals surface area (Å²) in [6.45, 7) is 0.832. The molecule has 0 spiro atoms. The first-order valence-corrected chi connectivity index (χ1v) is 6.84. The van der Waals surface area contributed by atoms with Crippen LogP contribution in [-0.4, -0.2) is 30.6 Å². The van der Waals surface area contributed by atoms with Crippen LogP contribution in [0.1, 0.15) is 18.4 Å². The number of anilines is 1. The highest BCUT2D eigenvalue weighted by atomic mass is 79.9. The van der Waals surface area contributed by atoms with Crippen LogP contribution >= 0.6 is 15.9 Å². The third-order valence-corrected chi connectivity index (χ3v) is 3.82. The molecule has 1 atom stereocenters. The van der Waals surface area contributed by atoms with Crippen LogP contribution in [-0.2, 0) is 11.4 Å². The van der Waals surface area contributed by atoms with Crippen LogP contribution < -0.4 is 10.2 Å². The first-order chi connectivity index (χ1) is 8.67. The van der Waals surface area contributed by atoms with Crippen molar-refractivity contribution < 1.29 is 9.90 Å². The molecule has 1 aliphatic heterocycles. The third kappa shape index (κ3) is 2.52. The molecule has 1 saturated heterocycles. The van der Waals surface area contributed by atoms with E-state index in [2.05, 4.69) is 26.1 Å². The van der Waals surface area contributed by atoms with Crippen LogP contribution in [0, 0.1) is 0 Å². The highest BCUT2D eigenvalue weighted by molar-refractivity contribution is 9.10. The average Bonchev–Trinajstić information content (AvgIpc) is 2.86. The van der Waals surface area contributed by atoms with Crippen molar-refractivity contribution in [2.45, 2.75) is 25.5 Å². The van der Waals surface area contributed by atoms with Gasteiger partial charge in [-0.25, -0.2) is 0 Å². The lowest BCUT2D eigenvalue weighted by Gasteiger charge is -2.27. The van der Waals surface area contributed by atoms with Gasteiger partial charge in [-0.15, -0.1) is 0 Å². The second-order valence-electron chi connectivity index (χ2n) is 4.40. The molecular weight excluding hydrogens is 296 g/mol. The number of aliphatic hydroxyl groups excluding tert-OH is 1. The van der Waals surface area contributed by atoms with E-state index in [0.717, 1.165) is 35.1 Å². The minimum atomic E-state index is -0.124. The van der Waals surface area contributed by atoms with Crippen molar-refractivity contribution in [1.29, 1.82) is 0 Å². The van der Waals surface area contributed by atoms with E-state index in [-0.39, 0.29) is 18.6 Å². The van der Waals surface area contributed by atoms with Gasteiger partial charge in [0.25, 0.3) is 0 Å². The Kier molecular flexibility index (Phi) is 4.24. The standard InChI is InChI=1S/C13H17BrN2O2/c1-15-13(18)12-3-2-6-16(12)11-5-4-10(14)7-9(11)8-17/h4-5,7,12,17H,2-3,6,8H2,1H3,(H,15,18). The van der Waals surface area contributed by atoms with E-state index in [4.69, 9.17) is 0 Å². The van der Waals surface area contributed by atoms with Crippen molar-refractivity contribution in [3.8, 4) is 0 Å². The molecule has 4 nitrogen and oxygen atoms in total. The maximum atomic E-state index is 11.8. The molecule has 5 heteroatoms. The number of aliphatic hydroxyl groups is 1. The Morgan fingerprint density at radius 2 is 2.39 bits per heavy atom. The first-order valence-electron chi connectivity index (χ1n) is 6.05. The summed E-state index contributed by atoms with van der Waals surface area (Å²) in [5.74, 6) is 0.0410. The van der Waals surface area contributed by atoms with Gasteiger partial charge < -0.3 is 15.3 Å². The summed E-state index contributed by atoms with van der Waals surface area (Å²) in [6, 6.07) is 5.67. The number of rotatable bonds is 3. The van der Waals surface area contributed by atoms with Crippen molar-refractivity contribution >= 4 is 27.5 Å². The number of amides is 1. The lowest BCUT2D eigenvalue weighted by molar-refractivity contribution is -0.121. The van der Waals surface area contributed by atoms with Crippen molar-refractivity contribution in [3.05, 3.63) is 28.2 Å². The number of halogens is 1. The molecule has 0 aromatic heterocycles. The lowest BCUT2D eigenvalue weighted by Crippen LogP contribution is -2.42. The zero-order chi connectivity index (χ0) is 13.1. The fourth-order valence-corrected chi connectivity index (χ4v) is 2.86. The number of nitrogens with zero attached hydrogens (tertiary/aromatic N) is 1. The van der Waals surface area contributed by atoms with Crippen molar-refractivity contribution in [2.75, 3.05) is 18.5 Å². The molecule has 18 heavy (non-hydrogen) atoms. The van der Waals surface area contributed by atoms with Crippen LogP contribution in [0.2, 0.25) is 0 Å². The van der Waals surface area contributed by atoms with Crippen LogP contribution in [0.3, 0.4) is 0 Å². The molecule has 2 N–H and O–H groups in total. The topological polar surface area (TPSA) is 52.6 Å². The van der Waals surface area contributed by atoms with Crippen molar-refractivity contribution in [1.82, 2.24) is 5.32 Å².